The molecule has 0 saturated heterocycles. The third kappa shape index (κ3) is 6.01. The van der Waals surface area contributed by atoms with E-state index in [0.717, 1.165) is 36.9 Å². The Morgan fingerprint density at radius 1 is 1.37 bits per heavy atom. The van der Waals surface area contributed by atoms with Crippen LogP contribution < -0.4 is 10.1 Å². The molecule has 1 heterocycles. The Kier molecular flexibility index (Phi) is 7.70. The second-order valence-corrected chi connectivity index (χ2v) is 7.03. The fraction of sp³-hybridized carbons (Fsp3) is 0.524. The van der Waals surface area contributed by atoms with Crippen LogP contribution in [0, 0.1) is 0 Å². The van der Waals surface area contributed by atoms with E-state index in [9.17, 15) is 0 Å². The largest absolute Gasteiger partial charge is 0.494 e. The molecule has 2 rings (SSSR count). The normalized spacial score (nSPS) is 11.7. The van der Waals surface area contributed by atoms with E-state index in [1.54, 1.807) is 0 Å². The molecule has 0 saturated carbocycles. The molecule has 0 spiro atoms. The molecule has 0 amide bonds. The molecule has 27 heavy (non-hydrogen) atoms. The van der Waals surface area contributed by atoms with Crippen molar-refractivity contribution in [3.8, 4) is 5.75 Å². The minimum absolute atomic E-state index is 0.405. The number of benzene rings is 1. The molecule has 0 fully saturated rings. The van der Waals surface area contributed by atoms with Crippen LogP contribution in [0.5, 0.6) is 5.75 Å². The van der Waals surface area contributed by atoms with Gasteiger partial charge in [-0.1, -0.05) is 26.0 Å². The van der Waals surface area contributed by atoms with E-state index in [0.29, 0.717) is 12.5 Å². The predicted molar refractivity (Wildman–Crippen MR) is 111 cm³/mol. The zero-order chi connectivity index (χ0) is 19.8. The van der Waals surface area contributed by atoms with E-state index in [1.165, 1.54) is 11.1 Å². The Hall–Kier alpha value is -2.50. The first-order chi connectivity index (χ1) is 12.9. The number of aryl methyl sites for hydroxylation is 1. The SMILES string of the molecule is CCOc1cccc(CCNC(=NC)N(C)Cc2cn(C)nc2C(C)C)c1. The lowest BCUT2D eigenvalue weighted by atomic mass is 10.1. The first-order valence-corrected chi connectivity index (χ1v) is 9.60. The highest BCUT2D eigenvalue weighted by atomic mass is 16.5. The van der Waals surface area contributed by atoms with Gasteiger partial charge in [0.05, 0.1) is 12.3 Å². The van der Waals surface area contributed by atoms with Crippen LogP contribution in [0.2, 0.25) is 0 Å². The fourth-order valence-electron chi connectivity index (χ4n) is 3.15. The highest BCUT2D eigenvalue weighted by Crippen LogP contribution is 2.18. The highest BCUT2D eigenvalue weighted by molar-refractivity contribution is 5.79. The van der Waals surface area contributed by atoms with Gasteiger partial charge in [0.2, 0.25) is 0 Å². The molecule has 2 aromatic rings. The zero-order valence-electron chi connectivity index (χ0n) is 17.5. The summed E-state index contributed by atoms with van der Waals surface area (Å²) in [5, 5.41) is 8.04. The van der Waals surface area contributed by atoms with Gasteiger partial charge in [-0.3, -0.25) is 9.67 Å². The number of nitrogens with zero attached hydrogens (tertiary/aromatic N) is 4. The summed E-state index contributed by atoms with van der Waals surface area (Å²) in [7, 11) is 5.85. The summed E-state index contributed by atoms with van der Waals surface area (Å²) in [5.74, 6) is 2.21. The van der Waals surface area contributed by atoms with Crippen molar-refractivity contribution in [1.82, 2.24) is 20.0 Å². The molecule has 0 radical (unpaired) electrons. The van der Waals surface area contributed by atoms with E-state index in [-0.39, 0.29) is 0 Å². The number of hydrogen-bond acceptors (Lipinski definition) is 3. The number of rotatable bonds is 8. The maximum Gasteiger partial charge on any atom is 0.193 e. The summed E-state index contributed by atoms with van der Waals surface area (Å²) in [4.78, 5) is 6.56. The van der Waals surface area contributed by atoms with Crippen molar-refractivity contribution in [2.24, 2.45) is 12.0 Å². The van der Waals surface area contributed by atoms with Crippen LogP contribution in [-0.4, -0.2) is 47.9 Å². The summed E-state index contributed by atoms with van der Waals surface area (Å²) >= 11 is 0. The summed E-state index contributed by atoms with van der Waals surface area (Å²) in [6, 6.07) is 8.26. The van der Waals surface area contributed by atoms with Crippen molar-refractivity contribution in [2.45, 2.75) is 39.7 Å². The maximum absolute atomic E-state index is 5.57. The van der Waals surface area contributed by atoms with Crippen LogP contribution in [0.15, 0.2) is 35.5 Å². The number of nitrogens with one attached hydrogen (secondary N) is 1. The smallest absolute Gasteiger partial charge is 0.193 e. The molecule has 1 aromatic heterocycles. The van der Waals surface area contributed by atoms with Crippen molar-refractivity contribution in [2.75, 3.05) is 27.2 Å². The van der Waals surface area contributed by atoms with Gasteiger partial charge in [-0.05, 0) is 37.0 Å². The lowest BCUT2D eigenvalue weighted by molar-refractivity contribution is 0.340. The van der Waals surface area contributed by atoms with Crippen molar-refractivity contribution in [3.63, 3.8) is 0 Å². The maximum atomic E-state index is 5.57. The Morgan fingerprint density at radius 3 is 2.81 bits per heavy atom. The minimum atomic E-state index is 0.405. The van der Waals surface area contributed by atoms with E-state index >= 15 is 0 Å². The molecule has 148 valence electrons. The molecule has 0 atom stereocenters. The van der Waals surface area contributed by atoms with Crippen molar-refractivity contribution >= 4 is 5.96 Å². The van der Waals surface area contributed by atoms with Crippen molar-refractivity contribution in [3.05, 3.63) is 47.3 Å². The number of guanidine groups is 1. The van der Waals surface area contributed by atoms with Gasteiger partial charge in [-0.15, -0.1) is 0 Å². The van der Waals surface area contributed by atoms with Gasteiger partial charge in [-0.25, -0.2) is 0 Å². The molecule has 6 heteroatoms. The molecule has 1 aromatic carbocycles. The molecule has 0 aliphatic carbocycles. The molecule has 1 N–H and O–H groups in total. The highest BCUT2D eigenvalue weighted by Gasteiger charge is 2.15. The predicted octanol–water partition coefficient (Wildman–Crippen LogP) is 3.19. The van der Waals surface area contributed by atoms with E-state index in [2.05, 4.69) is 59.5 Å². The van der Waals surface area contributed by atoms with Crippen molar-refractivity contribution < 1.29 is 4.74 Å². The van der Waals surface area contributed by atoms with Crippen LogP contribution in [0.4, 0.5) is 0 Å². The van der Waals surface area contributed by atoms with Gasteiger partial charge < -0.3 is 15.0 Å². The van der Waals surface area contributed by atoms with Crippen LogP contribution in [0.25, 0.3) is 0 Å². The molecule has 0 bridgehead atoms. The van der Waals surface area contributed by atoms with Gasteiger partial charge in [0.25, 0.3) is 0 Å². The van der Waals surface area contributed by atoms with Crippen LogP contribution >= 0.6 is 0 Å². The lowest BCUT2D eigenvalue weighted by Gasteiger charge is -2.22. The number of hydrogen-bond donors (Lipinski definition) is 1. The Morgan fingerprint density at radius 2 is 2.15 bits per heavy atom. The van der Waals surface area contributed by atoms with Gasteiger partial charge in [0.15, 0.2) is 5.96 Å². The monoisotopic (exact) mass is 371 g/mol. The number of aromatic nitrogens is 2. The first kappa shape index (κ1) is 20.8. The first-order valence-electron chi connectivity index (χ1n) is 9.60. The van der Waals surface area contributed by atoms with Crippen LogP contribution in [0.3, 0.4) is 0 Å². The third-order valence-corrected chi connectivity index (χ3v) is 4.37. The van der Waals surface area contributed by atoms with E-state index < -0.39 is 0 Å². The topological polar surface area (TPSA) is 54.7 Å². The van der Waals surface area contributed by atoms with E-state index in [4.69, 9.17) is 4.74 Å². The average Bonchev–Trinajstić information content (AvgIpc) is 3.00. The quantitative estimate of drug-likeness (QED) is 0.572. The standard InChI is InChI=1S/C21H33N5O/c1-7-27-19-10-8-9-17(13-19)11-12-23-21(22-4)25(5)14-18-15-26(6)24-20(18)16(2)3/h8-10,13,15-16H,7,11-12,14H2,1-6H3,(H,22,23). The Balaban J connectivity index is 1.92. The fourth-order valence-corrected chi connectivity index (χ4v) is 3.15. The molecule has 6 nitrogen and oxygen atoms in total. The van der Waals surface area contributed by atoms with E-state index in [1.807, 2.05) is 37.8 Å². The zero-order valence-corrected chi connectivity index (χ0v) is 17.5. The van der Waals surface area contributed by atoms with Gasteiger partial charge in [0, 0.05) is 46.0 Å². The summed E-state index contributed by atoms with van der Waals surface area (Å²) < 4.78 is 7.46. The Bertz CT molecular complexity index is 751. The third-order valence-electron chi connectivity index (χ3n) is 4.37. The molecule has 0 aliphatic rings. The van der Waals surface area contributed by atoms with Gasteiger partial charge in [0.1, 0.15) is 5.75 Å². The van der Waals surface area contributed by atoms with Crippen LogP contribution in [0.1, 0.15) is 43.5 Å². The van der Waals surface area contributed by atoms with Crippen molar-refractivity contribution in [1.29, 1.82) is 0 Å². The molecular weight excluding hydrogens is 338 g/mol. The summed E-state index contributed by atoms with van der Waals surface area (Å²) in [6.07, 6.45) is 3.01. The number of ether oxygens (including phenoxy) is 1. The number of aliphatic imine (C=N–C) groups is 1. The van der Waals surface area contributed by atoms with Crippen LogP contribution in [-0.2, 0) is 20.0 Å². The summed E-state index contributed by atoms with van der Waals surface area (Å²) in [6.45, 7) is 8.63. The average molecular weight is 372 g/mol. The van der Waals surface area contributed by atoms with Gasteiger partial charge in [-0.2, -0.15) is 5.10 Å². The molecule has 0 aliphatic heterocycles. The second-order valence-electron chi connectivity index (χ2n) is 7.03. The Labute approximate surface area is 163 Å². The summed E-state index contributed by atoms with van der Waals surface area (Å²) in [5.41, 5.74) is 3.64. The molecular formula is C21H33N5O. The minimum Gasteiger partial charge on any atom is -0.494 e. The molecule has 0 unspecified atom stereocenters. The lowest BCUT2D eigenvalue weighted by Crippen LogP contribution is -2.39. The second kappa shape index (κ2) is 10.00. The van der Waals surface area contributed by atoms with Gasteiger partial charge >= 0.3 is 0 Å².